The van der Waals surface area contributed by atoms with Gasteiger partial charge in [-0.1, -0.05) is 27.7 Å². The van der Waals surface area contributed by atoms with E-state index in [1.165, 1.54) is 0 Å². The Hall–Kier alpha value is -0.660. The fraction of sp³-hybridized carbons (Fsp3) is 0.850. The molecule has 194 valence electrons. The minimum Gasteiger partial charge on any atom is -0.481 e. The van der Waals surface area contributed by atoms with Gasteiger partial charge in [0.25, 0.3) is 0 Å². The van der Waals surface area contributed by atoms with Crippen LogP contribution in [-0.2, 0) is 14.4 Å². The van der Waals surface area contributed by atoms with Crippen molar-refractivity contribution >= 4 is 55.8 Å². The van der Waals surface area contributed by atoms with Crippen LogP contribution in [0.15, 0.2) is 0 Å². The van der Waals surface area contributed by atoms with Crippen molar-refractivity contribution in [1.82, 2.24) is 0 Å². The number of hydrogen-bond donors (Lipinski definition) is 9. The number of hydrogen-bond acceptors (Lipinski definition) is 9. The van der Waals surface area contributed by atoms with Crippen LogP contribution >= 0.6 is 37.9 Å². The van der Waals surface area contributed by atoms with Crippen molar-refractivity contribution in [2.75, 3.05) is 19.8 Å². The Labute approximate surface area is 207 Å². The molecule has 0 fully saturated rings. The number of carbonyl (C=O) groups is 3. The van der Waals surface area contributed by atoms with Crippen LogP contribution in [0.25, 0.3) is 0 Å². The highest BCUT2D eigenvalue weighted by Crippen LogP contribution is 2.11. The molecule has 0 rings (SSSR count). The third kappa shape index (κ3) is 34.0. The Morgan fingerprint density at radius 2 is 0.812 bits per heavy atom. The summed E-state index contributed by atoms with van der Waals surface area (Å²) in [5.74, 6) is -2.31. The summed E-state index contributed by atoms with van der Waals surface area (Å²) in [4.78, 5) is 29.8. The molecular formula is C20H42O9S3. The second-order valence-electron chi connectivity index (χ2n) is 7.26. The molecule has 32 heavy (non-hydrogen) atoms. The van der Waals surface area contributed by atoms with Gasteiger partial charge < -0.3 is 30.6 Å². The summed E-state index contributed by atoms with van der Waals surface area (Å²) >= 11 is 12.0. The van der Waals surface area contributed by atoms with E-state index in [2.05, 4.69) is 37.9 Å². The van der Waals surface area contributed by atoms with E-state index in [1.54, 1.807) is 6.92 Å². The Morgan fingerprint density at radius 1 is 0.625 bits per heavy atom. The first kappa shape index (κ1) is 38.6. The first-order valence-corrected chi connectivity index (χ1v) is 11.7. The smallest absolute Gasteiger partial charge is 0.304 e. The minimum atomic E-state index is -0.771. The van der Waals surface area contributed by atoms with Gasteiger partial charge in [-0.25, -0.2) is 0 Å². The molecule has 0 radical (unpaired) electrons. The van der Waals surface area contributed by atoms with Crippen molar-refractivity contribution in [2.24, 2.45) is 5.41 Å². The summed E-state index contributed by atoms with van der Waals surface area (Å²) in [5.41, 5.74) is -0.708. The maximum atomic E-state index is 9.92. The van der Waals surface area contributed by atoms with E-state index in [0.29, 0.717) is 0 Å². The second kappa shape index (κ2) is 25.0. The third-order valence-corrected chi connectivity index (χ3v) is 5.43. The molecular weight excluding hydrogens is 480 g/mol. The van der Waals surface area contributed by atoms with Crippen molar-refractivity contribution in [2.45, 2.75) is 82.0 Å². The lowest BCUT2D eigenvalue weighted by molar-refractivity contribution is -0.138. The van der Waals surface area contributed by atoms with E-state index < -0.39 is 23.3 Å². The van der Waals surface area contributed by atoms with Crippen molar-refractivity contribution in [1.29, 1.82) is 0 Å². The van der Waals surface area contributed by atoms with Crippen LogP contribution < -0.4 is 0 Å². The average Bonchev–Trinajstić information content (AvgIpc) is 2.72. The second-order valence-corrected chi connectivity index (χ2v) is 9.46. The van der Waals surface area contributed by atoms with Crippen molar-refractivity contribution in [3.63, 3.8) is 0 Å². The third-order valence-electron chi connectivity index (χ3n) is 3.79. The highest BCUT2D eigenvalue weighted by Gasteiger charge is 2.20. The summed E-state index contributed by atoms with van der Waals surface area (Å²) in [6.07, 6.45) is 2.94. The molecule has 0 aliphatic rings. The quantitative estimate of drug-likeness (QED) is 0.175. The van der Waals surface area contributed by atoms with Gasteiger partial charge in [0.15, 0.2) is 0 Å². The molecule has 0 aromatic heterocycles. The summed E-state index contributed by atoms with van der Waals surface area (Å²) < 4.78 is 0. The molecule has 0 aliphatic heterocycles. The average molecular weight is 523 g/mol. The van der Waals surface area contributed by atoms with Crippen LogP contribution in [0.5, 0.6) is 0 Å². The number of rotatable bonds is 12. The van der Waals surface area contributed by atoms with Gasteiger partial charge in [-0.3, -0.25) is 14.4 Å². The highest BCUT2D eigenvalue weighted by molar-refractivity contribution is 7.81. The Morgan fingerprint density at radius 3 is 0.844 bits per heavy atom. The molecule has 0 spiro atoms. The standard InChI is InChI=1S/C5H12O3.3C5H10O2S/c1-5(2-6,3-7)4-8;3*1-2-4(8)3-5(6)7/h6-8H,2-4H2,1H3;3*4,8H,2-3H2,1H3,(H,6,7). The lowest BCUT2D eigenvalue weighted by Gasteiger charge is -2.20. The topological polar surface area (TPSA) is 173 Å². The normalized spacial score (nSPS) is 12.9. The predicted octanol–water partition coefficient (Wildman–Crippen LogP) is 2.48. The van der Waals surface area contributed by atoms with Crippen molar-refractivity contribution < 1.29 is 45.0 Å². The van der Waals surface area contributed by atoms with Crippen LogP contribution in [0.1, 0.15) is 66.2 Å². The number of aliphatic hydroxyl groups excluding tert-OH is 3. The van der Waals surface area contributed by atoms with Crippen molar-refractivity contribution in [3.8, 4) is 0 Å². The number of aliphatic hydroxyl groups is 3. The molecule has 12 heteroatoms. The van der Waals surface area contributed by atoms with Crippen LogP contribution in [0.2, 0.25) is 0 Å². The summed E-state index contributed by atoms with van der Waals surface area (Å²) in [6, 6.07) is 0. The van der Waals surface area contributed by atoms with Crippen LogP contribution in [0.4, 0.5) is 0 Å². The number of thiol groups is 3. The van der Waals surface area contributed by atoms with Gasteiger partial charge in [-0.05, 0) is 19.3 Å². The number of aliphatic carboxylic acids is 3. The fourth-order valence-corrected chi connectivity index (χ4v) is 1.66. The van der Waals surface area contributed by atoms with E-state index in [-0.39, 0.29) is 54.8 Å². The van der Waals surface area contributed by atoms with E-state index in [1.807, 2.05) is 20.8 Å². The molecule has 0 amide bonds. The number of carboxylic acids is 3. The zero-order valence-corrected chi connectivity index (χ0v) is 22.0. The van der Waals surface area contributed by atoms with Gasteiger partial charge in [0, 0.05) is 21.2 Å². The first-order valence-electron chi connectivity index (χ1n) is 10.2. The molecule has 0 saturated heterocycles. The monoisotopic (exact) mass is 522 g/mol. The number of carboxylic acid groups (broad SMARTS) is 3. The molecule has 0 heterocycles. The van der Waals surface area contributed by atoms with Gasteiger partial charge in [-0.2, -0.15) is 37.9 Å². The van der Waals surface area contributed by atoms with Gasteiger partial charge in [0.1, 0.15) is 0 Å². The molecule has 3 atom stereocenters. The molecule has 9 nitrogen and oxygen atoms in total. The fourth-order valence-electron chi connectivity index (χ4n) is 1.19. The first-order chi connectivity index (χ1) is 14.7. The highest BCUT2D eigenvalue weighted by atomic mass is 32.1. The van der Waals surface area contributed by atoms with E-state index in [4.69, 9.17) is 30.6 Å². The Balaban J connectivity index is -0.000000163. The van der Waals surface area contributed by atoms with Crippen molar-refractivity contribution in [3.05, 3.63) is 0 Å². The van der Waals surface area contributed by atoms with Crippen LogP contribution in [0, 0.1) is 5.41 Å². The summed E-state index contributed by atoms with van der Waals surface area (Å²) in [5, 5.41) is 50.0. The maximum absolute atomic E-state index is 9.92. The molecule has 0 bridgehead atoms. The Kier molecular flexibility index (Phi) is 30.1. The van der Waals surface area contributed by atoms with E-state index in [0.717, 1.165) is 19.3 Å². The van der Waals surface area contributed by atoms with Gasteiger partial charge in [0.05, 0.1) is 39.1 Å². The summed E-state index contributed by atoms with van der Waals surface area (Å²) in [6.45, 7) is 6.81. The van der Waals surface area contributed by atoms with E-state index in [9.17, 15) is 14.4 Å². The SMILES string of the molecule is CC(CO)(CO)CO.CCC(S)CC(=O)O.CCC(S)CC(=O)O.CCC(S)CC(=O)O. The van der Waals surface area contributed by atoms with Gasteiger partial charge in [-0.15, -0.1) is 0 Å². The molecule has 0 aromatic rings. The molecule has 0 saturated carbocycles. The molecule has 3 unspecified atom stereocenters. The molecule has 0 aliphatic carbocycles. The van der Waals surface area contributed by atoms with Gasteiger partial charge in [0.2, 0.25) is 0 Å². The minimum absolute atomic E-state index is 0.0208. The lowest BCUT2D eigenvalue weighted by atomic mass is 9.95. The molecule has 6 N–H and O–H groups in total. The van der Waals surface area contributed by atoms with Gasteiger partial charge >= 0.3 is 17.9 Å². The zero-order chi connectivity index (χ0) is 26.3. The Bertz CT molecular complexity index is 415. The molecule has 0 aromatic carbocycles. The summed E-state index contributed by atoms with van der Waals surface area (Å²) in [7, 11) is 0. The maximum Gasteiger partial charge on any atom is 0.304 e. The lowest BCUT2D eigenvalue weighted by Crippen LogP contribution is -2.29. The van der Waals surface area contributed by atoms with E-state index >= 15 is 0 Å². The predicted molar refractivity (Wildman–Crippen MR) is 135 cm³/mol. The van der Waals surface area contributed by atoms with Crippen LogP contribution in [-0.4, -0.2) is 84.1 Å². The van der Waals surface area contributed by atoms with Crippen LogP contribution in [0.3, 0.4) is 0 Å². The largest absolute Gasteiger partial charge is 0.481 e. The zero-order valence-electron chi connectivity index (χ0n) is 19.3.